The van der Waals surface area contributed by atoms with E-state index in [0.717, 1.165) is 43.4 Å². The van der Waals surface area contributed by atoms with Gasteiger partial charge >= 0.3 is 18.7 Å². The Hall–Kier alpha value is -4.49. The topological polar surface area (TPSA) is 56.2 Å². The molecular weight excluding hydrogens is 581 g/mol. The molecule has 222 valence electrons. The van der Waals surface area contributed by atoms with E-state index in [9.17, 15) is 44.3 Å². The van der Waals surface area contributed by atoms with Crippen LogP contribution in [0.1, 0.15) is 32.7 Å². The molecule has 1 heterocycles. The third-order valence-corrected chi connectivity index (χ3v) is 6.30. The molecule has 1 N–H and O–H groups in total. The Morgan fingerprint density at radius 3 is 2.14 bits per heavy atom. The predicted octanol–water partition coefficient (Wildman–Crippen LogP) is 6.87. The molecule has 3 aromatic carbocycles. The molecule has 1 aromatic heterocycles. The summed E-state index contributed by atoms with van der Waals surface area (Å²) in [7, 11) is 0.955. The van der Waals surface area contributed by atoms with Gasteiger partial charge in [0.25, 0.3) is 5.91 Å². The first-order chi connectivity index (χ1) is 19.6. The highest BCUT2D eigenvalue weighted by molar-refractivity contribution is 5.96. The molecule has 0 aliphatic rings. The Morgan fingerprint density at radius 2 is 1.55 bits per heavy atom. The van der Waals surface area contributed by atoms with Gasteiger partial charge in [0.2, 0.25) is 0 Å². The monoisotopic (exact) mass is 601 g/mol. The summed E-state index contributed by atoms with van der Waals surface area (Å²) in [4.78, 5) is 13.6. The SMILES string of the molecule is Cn1ncc(C(=O)NC(Cc2ccccc2)(c2ccc(F)cc2)c2cc(F)cc(OC(F)(F)C(F)F)c2)c1C(F)(F)F. The molecule has 1 amide bonds. The summed E-state index contributed by atoms with van der Waals surface area (Å²) in [5.74, 6) is -4.44. The van der Waals surface area contributed by atoms with Gasteiger partial charge in [-0.3, -0.25) is 9.48 Å². The quantitative estimate of drug-likeness (QED) is 0.213. The molecule has 0 spiro atoms. The number of amides is 1. The summed E-state index contributed by atoms with van der Waals surface area (Å²) in [6.07, 6.45) is -14.1. The Labute approximate surface area is 232 Å². The summed E-state index contributed by atoms with van der Waals surface area (Å²) < 4.78 is 128. The second kappa shape index (κ2) is 11.4. The van der Waals surface area contributed by atoms with Crippen LogP contribution in [0.2, 0.25) is 0 Å². The van der Waals surface area contributed by atoms with E-state index in [2.05, 4.69) is 15.2 Å². The van der Waals surface area contributed by atoms with Crippen molar-refractivity contribution in [2.45, 2.75) is 30.7 Å². The van der Waals surface area contributed by atoms with Crippen LogP contribution < -0.4 is 10.1 Å². The largest absolute Gasteiger partial charge is 0.461 e. The fourth-order valence-corrected chi connectivity index (χ4v) is 4.47. The van der Waals surface area contributed by atoms with Gasteiger partial charge in [-0.2, -0.15) is 35.8 Å². The highest BCUT2D eigenvalue weighted by atomic mass is 19.4. The highest BCUT2D eigenvalue weighted by Crippen LogP contribution is 2.39. The maximum Gasteiger partial charge on any atom is 0.461 e. The third kappa shape index (κ3) is 6.37. The minimum absolute atomic E-state index is 0.0179. The lowest BCUT2D eigenvalue weighted by Crippen LogP contribution is -2.49. The van der Waals surface area contributed by atoms with E-state index in [1.165, 1.54) is 0 Å². The van der Waals surface area contributed by atoms with Gasteiger partial charge in [0.05, 0.1) is 17.3 Å². The Bertz CT molecular complexity index is 1560. The predicted molar refractivity (Wildman–Crippen MR) is 131 cm³/mol. The van der Waals surface area contributed by atoms with E-state index in [0.29, 0.717) is 22.5 Å². The zero-order chi connectivity index (χ0) is 30.9. The zero-order valence-electron chi connectivity index (χ0n) is 21.4. The normalized spacial score (nSPS) is 13.6. The molecule has 0 aliphatic carbocycles. The van der Waals surface area contributed by atoms with Crippen LogP contribution in [0, 0.1) is 11.6 Å². The number of carbonyl (C=O) groups is 1. The van der Waals surface area contributed by atoms with Crippen molar-refractivity contribution in [1.29, 1.82) is 0 Å². The molecule has 4 aromatic rings. The molecule has 0 bridgehead atoms. The van der Waals surface area contributed by atoms with Gasteiger partial charge < -0.3 is 10.1 Å². The zero-order valence-corrected chi connectivity index (χ0v) is 21.4. The molecule has 5 nitrogen and oxygen atoms in total. The minimum atomic E-state index is -5.04. The van der Waals surface area contributed by atoms with Crippen LogP contribution in [0.4, 0.5) is 39.5 Å². The number of rotatable bonds is 9. The number of ether oxygens (including phenoxy) is 1. The highest BCUT2D eigenvalue weighted by Gasteiger charge is 2.45. The summed E-state index contributed by atoms with van der Waals surface area (Å²) in [6, 6.07) is 14.0. The first kappa shape index (κ1) is 30.5. The molecule has 0 aliphatic heterocycles. The number of hydrogen-bond acceptors (Lipinski definition) is 3. The van der Waals surface area contributed by atoms with Crippen LogP contribution in [-0.4, -0.2) is 28.2 Å². The molecule has 1 atom stereocenters. The van der Waals surface area contributed by atoms with E-state index in [1.807, 2.05) is 0 Å². The molecule has 1 unspecified atom stereocenters. The smallest absolute Gasteiger partial charge is 0.428 e. The van der Waals surface area contributed by atoms with Crippen LogP contribution >= 0.6 is 0 Å². The standard InChI is InChI=1S/C28H20F9N3O2/c1-40-23(27(33,34)35)22(15-38-40)24(41)39-26(14-16-5-3-2-4-6-16,17-7-9-19(29)10-8-17)18-11-20(30)13-21(12-18)42-28(36,37)25(31)32/h2-13,15,25H,14H2,1H3,(H,39,41). The number of aromatic nitrogens is 2. The summed E-state index contributed by atoms with van der Waals surface area (Å²) in [5, 5.41) is 5.95. The van der Waals surface area contributed by atoms with E-state index >= 15 is 0 Å². The Balaban J connectivity index is 1.97. The maximum atomic E-state index is 14.9. The van der Waals surface area contributed by atoms with Crippen molar-refractivity contribution >= 4 is 5.91 Å². The van der Waals surface area contributed by atoms with E-state index in [-0.39, 0.29) is 17.5 Å². The number of aryl methyl sites for hydroxylation is 1. The van der Waals surface area contributed by atoms with Crippen molar-refractivity contribution in [3.05, 3.63) is 119 Å². The fraction of sp³-hybridized carbons (Fsp3) is 0.214. The lowest BCUT2D eigenvalue weighted by atomic mass is 9.77. The number of halogens is 9. The molecule has 42 heavy (non-hydrogen) atoms. The van der Waals surface area contributed by atoms with Crippen molar-refractivity contribution < 1.29 is 49.0 Å². The third-order valence-electron chi connectivity index (χ3n) is 6.30. The first-order valence-corrected chi connectivity index (χ1v) is 12.0. The summed E-state index contributed by atoms with van der Waals surface area (Å²) >= 11 is 0. The number of nitrogens with zero attached hydrogens (tertiary/aromatic N) is 2. The number of nitrogens with one attached hydrogen (secondary N) is 1. The molecule has 0 fully saturated rings. The second-order valence-electron chi connectivity index (χ2n) is 9.20. The maximum absolute atomic E-state index is 14.9. The van der Waals surface area contributed by atoms with E-state index < -0.39 is 58.8 Å². The summed E-state index contributed by atoms with van der Waals surface area (Å²) in [6.45, 7) is 0. The lowest BCUT2D eigenvalue weighted by molar-refractivity contribution is -0.253. The fourth-order valence-electron chi connectivity index (χ4n) is 4.47. The van der Waals surface area contributed by atoms with Gasteiger partial charge in [0.1, 0.15) is 17.4 Å². The van der Waals surface area contributed by atoms with Crippen LogP contribution in [0.5, 0.6) is 5.75 Å². The number of hydrogen-bond donors (Lipinski definition) is 1. The molecule has 0 saturated heterocycles. The van der Waals surface area contributed by atoms with Crippen molar-refractivity contribution in [3.63, 3.8) is 0 Å². The molecule has 0 radical (unpaired) electrons. The van der Waals surface area contributed by atoms with Gasteiger partial charge in [0, 0.05) is 19.5 Å². The molecule has 0 saturated carbocycles. The average molecular weight is 601 g/mol. The Kier molecular flexibility index (Phi) is 8.28. The van der Waals surface area contributed by atoms with Gasteiger partial charge in [-0.15, -0.1) is 0 Å². The summed E-state index contributed by atoms with van der Waals surface area (Å²) in [5.41, 5.74) is -4.44. The second-order valence-corrected chi connectivity index (χ2v) is 9.20. The van der Waals surface area contributed by atoms with Crippen LogP contribution in [-0.2, 0) is 25.2 Å². The van der Waals surface area contributed by atoms with Gasteiger partial charge in [-0.05, 0) is 41.0 Å². The van der Waals surface area contributed by atoms with Gasteiger partial charge in [-0.25, -0.2) is 8.78 Å². The van der Waals surface area contributed by atoms with E-state index in [1.54, 1.807) is 30.3 Å². The van der Waals surface area contributed by atoms with Gasteiger partial charge in [0.15, 0.2) is 5.69 Å². The molecule has 14 heteroatoms. The van der Waals surface area contributed by atoms with Crippen molar-refractivity contribution in [2.75, 3.05) is 0 Å². The van der Waals surface area contributed by atoms with Crippen molar-refractivity contribution in [1.82, 2.24) is 15.1 Å². The number of alkyl halides is 7. The van der Waals surface area contributed by atoms with Crippen molar-refractivity contribution in [3.8, 4) is 5.75 Å². The van der Waals surface area contributed by atoms with Crippen LogP contribution in [0.25, 0.3) is 0 Å². The number of carbonyl (C=O) groups excluding carboxylic acids is 1. The first-order valence-electron chi connectivity index (χ1n) is 12.0. The Morgan fingerprint density at radius 1 is 0.905 bits per heavy atom. The molecular formula is C28H20F9N3O2. The van der Waals surface area contributed by atoms with Gasteiger partial charge in [-0.1, -0.05) is 42.5 Å². The minimum Gasteiger partial charge on any atom is -0.428 e. The average Bonchev–Trinajstić information content (AvgIpc) is 3.31. The van der Waals surface area contributed by atoms with Crippen LogP contribution in [0.3, 0.4) is 0 Å². The number of benzene rings is 3. The van der Waals surface area contributed by atoms with Crippen molar-refractivity contribution in [2.24, 2.45) is 7.05 Å². The van der Waals surface area contributed by atoms with E-state index in [4.69, 9.17) is 0 Å². The van der Waals surface area contributed by atoms with Crippen LogP contribution in [0.15, 0.2) is 79.0 Å². The lowest BCUT2D eigenvalue weighted by Gasteiger charge is -2.37. The molecule has 4 rings (SSSR count).